The van der Waals surface area contributed by atoms with E-state index in [1.165, 1.54) is 36.2 Å². The summed E-state index contributed by atoms with van der Waals surface area (Å²) < 4.78 is 38.3. The van der Waals surface area contributed by atoms with E-state index in [0.717, 1.165) is 16.1 Å². The maximum Gasteiger partial charge on any atom is 0.247 e. The minimum atomic E-state index is -3.65. The van der Waals surface area contributed by atoms with Gasteiger partial charge in [-0.05, 0) is 41.0 Å². The largest absolute Gasteiger partial charge is 0.350 e. The minimum absolute atomic E-state index is 0.0371. The number of likely N-dealkylation sites (N-methyl/N-ethyl adjacent to an activating group) is 1. The first-order valence-corrected chi connectivity index (χ1v) is 13.3. The summed E-state index contributed by atoms with van der Waals surface area (Å²) in [6.45, 7) is -0.306. The van der Waals surface area contributed by atoms with Crippen LogP contribution in [0.5, 0.6) is 0 Å². The average molecular weight is 532 g/mol. The topological polar surface area (TPSA) is 86.8 Å². The number of nitrogens with zero attached hydrogens (tertiary/aromatic N) is 2. The van der Waals surface area contributed by atoms with E-state index in [1.54, 1.807) is 54.6 Å². The molecule has 3 aromatic carbocycles. The van der Waals surface area contributed by atoms with Gasteiger partial charge in [0.2, 0.25) is 21.8 Å². The third kappa shape index (κ3) is 7.61. The third-order valence-electron chi connectivity index (χ3n) is 5.57. The molecule has 0 spiro atoms. The van der Waals surface area contributed by atoms with Crippen LogP contribution < -0.4 is 5.32 Å². The lowest BCUT2D eigenvalue weighted by Gasteiger charge is -2.32. The molecule has 0 saturated heterocycles. The Kier molecular flexibility index (Phi) is 9.19. The molecular weight excluding hydrogens is 505 g/mol. The molecule has 0 fully saturated rings. The zero-order valence-electron chi connectivity index (χ0n) is 19.9. The van der Waals surface area contributed by atoms with Crippen LogP contribution in [0, 0.1) is 5.82 Å². The average Bonchev–Trinajstić information content (AvgIpc) is 2.84. The van der Waals surface area contributed by atoms with Crippen molar-refractivity contribution in [1.82, 2.24) is 14.5 Å². The number of sulfonamides is 1. The molecule has 0 aliphatic rings. The van der Waals surface area contributed by atoms with E-state index in [1.807, 2.05) is 0 Å². The summed E-state index contributed by atoms with van der Waals surface area (Å²) in [6, 6.07) is 20.2. The van der Waals surface area contributed by atoms with Crippen molar-refractivity contribution in [2.24, 2.45) is 0 Å². The number of amides is 2. The summed E-state index contributed by atoms with van der Waals surface area (Å²) in [5, 5.41) is 3.43. The smallest absolute Gasteiger partial charge is 0.247 e. The van der Waals surface area contributed by atoms with Gasteiger partial charge in [-0.2, -0.15) is 4.31 Å². The van der Waals surface area contributed by atoms with Gasteiger partial charge in [-0.25, -0.2) is 12.8 Å². The fourth-order valence-corrected chi connectivity index (χ4v) is 3.98. The van der Waals surface area contributed by atoms with Gasteiger partial charge in [0.05, 0.1) is 12.8 Å². The zero-order chi connectivity index (χ0) is 26.3. The molecule has 190 valence electrons. The van der Waals surface area contributed by atoms with Gasteiger partial charge in [-0.3, -0.25) is 9.59 Å². The van der Waals surface area contributed by atoms with E-state index in [4.69, 9.17) is 11.6 Å². The standard InChI is InChI=1S/C26H27ClFN3O4S/c1-30(36(2,34)35)18-24(32)31(17-20-10-14-23(28)15-11-20)25(21-6-4-3-5-7-21)26(33)29-16-19-8-12-22(27)13-9-19/h3-15,25H,16-18H2,1-2H3,(H,29,33). The predicted molar refractivity (Wildman–Crippen MR) is 137 cm³/mol. The maximum absolute atomic E-state index is 13.5. The van der Waals surface area contributed by atoms with Crippen molar-refractivity contribution in [2.45, 2.75) is 19.1 Å². The predicted octanol–water partition coefficient (Wildman–Crippen LogP) is 3.76. The van der Waals surface area contributed by atoms with Crippen LogP contribution in [0.25, 0.3) is 0 Å². The Balaban J connectivity index is 1.96. The van der Waals surface area contributed by atoms with E-state index >= 15 is 0 Å². The lowest BCUT2D eigenvalue weighted by atomic mass is 10.0. The molecule has 3 aromatic rings. The Labute approximate surface area is 215 Å². The van der Waals surface area contributed by atoms with Crippen LogP contribution in [-0.2, 0) is 32.7 Å². The lowest BCUT2D eigenvalue weighted by molar-refractivity contribution is -0.141. The van der Waals surface area contributed by atoms with Gasteiger partial charge >= 0.3 is 0 Å². The van der Waals surface area contributed by atoms with Crippen LogP contribution in [-0.4, -0.2) is 49.3 Å². The lowest BCUT2D eigenvalue weighted by Crippen LogP contribution is -2.47. The van der Waals surface area contributed by atoms with E-state index in [2.05, 4.69) is 5.32 Å². The SMILES string of the molecule is CN(CC(=O)N(Cc1ccc(F)cc1)C(C(=O)NCc1ccc(Cl)cc1)c1ccccc1)S(C)(=O)=O. The number of carbonyl (C=O) groups is 2. The van der Waals surface area contributed by atoms with E-state index in [-0.39, 0.29) is 13.1 Å². The van der Waals surface area contributed by atoms with Crippen LogP contribution in [0.4, 0.5) is 4.39 Å². The second-order valence-corrected chi connectivity index (χ2v) is 10.9. The Morgan fingerprint density at radius 2 is 1.53 bits per heavy atom. The third-order valence-corrected chi connectivity index (χ3v) is 7.08. The van der Waals surface area contributed by atoms with Crippen LogP contribution in [0.3, 0.4) is 0 Å². The van der Waals surface area contributed by atoms with Crippen LogP contribution >= 0.6 is 11.6 Å². The van der Waals surface area contributed by atoms with Crippen LogP contribution in [0.1, 0.15) is 22.7 Å². The molecule has 0 heterocycles. The Hall–Kier alpha value is -3.27. The number of carbonyl (C=O) groups excluding carboxylic acids is 2. The number of nitrogens with one attached hydrogen (secondary N) is 1. The molecule has 1 atom stereocenters. The van der Waals surface area contributed by atoms with Gasteiger partial charge in [0.1, 0.15) is 11.9 Å². The summed E-state index contributed by atoms with van der Waals surface area (Å²) in [4.78, 5) is 28.3. The molecule has 1 N–H and O–H groups in total. The van der Waals surface area contributed by atoms with Gasteiger partial charge in [-0.15, -0.1) is 0 Å². The second-order valence-electron chi connectivity index (χ2n) is 8.32. The fourth-order valence-electron chi connectivity index (χ4n) is 3.50. The number of hydrogen-bond acceptors (Lipinski definition) is 4. The first kappa shape index (κ1) is 27.3. The first-order valence-electron chi connectivity index (χ1n) is 11.1. The molecule has 0 bridgehead atoms. The van der Waals surface area contributed by atoms with Crippen molar-refractivity contribution in [1.29, 1.82) is 0 Å². The van der Waals surface area contributed by atoms with Gasteiger partial charge < -0.3 is 10.2 Å². The van der Waals surface area contributed by atoms with Crippen LogP contribution in [0.15, 0.2) is 78.9 Å². The number of rotatable bonds is 10. The number of halogens is 2. The molecule has 7 nitrogen and oxygen atoms in total. The summed E-state index contributed by atoms with van der Waals surface area (Å²) in [7, 11) is -2.35. The molecule has 1 unspecified atom stereocenters. The molecule has 0 aliphatic carbocycles. The molecule has 10 heteroatoms. The summed E-state index contributed by atoms with van der Waals surface area (Å²) in [5.41, 5.74) is 1.94. The molecule has 0 saturated carbocycles. The highest BCUT2D eigenvalue weighted by Crippen LogP contribution is 2.25. The van der Waals surface area contributed by atoms with Crippen molar-refractivity contribution in [3.8, 4) is 0 Å². The van der Waals surface area contributed by atoms with Crippen molar-refractivity contribution in [3.63, 3.8) is 0 Å². The van der Waals surface area contributed by atoms with Gasteiger partial charge in [0, 0.05) is 25.2 Å². The van der Waals surface area contributed by atoms with E-state index in [0.29, 0.717) is 16.1 Å². The Morgan fingerprint density at radius 3 is 2.11 bits per heavy atom. The molecule has 0 radical (unpaired) electrons. The minimum Gasteiger partial charge on any atom is -0.350 e. The Bertz CT molecular complexity index is 1290. The van der Waals surface area contributed by atoms with Gasteiger partial charge in [-0.1, -0.05) is 66.2 Å². The van der Waals surface area contributed by atoms with Crippen molar-refractivity contribution >= 4 is 33.4 Å². The maximum atomic E-state index is 13.5. The highest BCUT2D eigenvalue weighted by molar-refractivity contribution is 7.88. The van der Waals surface area contributed by atoms with E-state index < -0.39 is 40.2 Å². The van der Waals surface area contributed by atoms with Crippen LogP contribution in [0.2, 0.25) is 5.02 Å². The summed E-state index contributed by atoms with van der Waals surface area (Å²) >= 11 is 5.94. The van der Waals surface area contributed by atoms with Gasteiger partial charge in [0.25, 0.3) is 0 Å². The quantitative estimate of drug-likeness (QED) is 0.431. The first-order chi connectivity index (χ1) is 17.0. The highest BCUT2D eigenvalue weighted by atomic mass is 35.5. The zero-order valence-corrected chi connectivity index (χ0v) is 21.5. The summed E-state index contributed by atoms with van der Waals surface area (Å²) in [6.07, 6.45) is 0.998. The fraction of sp³-hybridized carbons (Fsp3) is 0.231. The monoisotopic (exact) mass is 531 g/mol. The van der Waals surface area contributed by atoms with E-state index in [9.17, 15) is 22.4 Å². The highest BCUT2D eigenvalue weighted by Gasteiger charge is 2.32. The Morgan fingerprint density at radius 1 is 0.944 bits per heavy atom. The van der Waals surface area contributed by atoms with Crippen molar-refractivity contribution in [3.05, 3.63) is 106 Å². The molecule has 36 heavy (non-hydrogen) atoms. The normalized spacial score (nSPS) is 12.2. The van der Waals surface area contributed by atoms with Crippen molar-refractivity contribution < 1.29 is 22.4 Å². The molecule has 2 amide bonds. The second kappa shape index (κ2) is 12.1. The molecule has 0 aliphatic heterocycles. The van der Waals surface area contributed by atoms with Crippen molar-refractivity contribution in [2.75, 3.05) is 19.8 Å². The molecule has 3 rings (SSSR count). The van der Waals surface area contributed by atoms with Gasteiger partial charge in [0.15, 0.2) is 0 Å². The molecular formula is C26H27ClFN3O4S. The molecule has 0 aromatic heterocycles. The number of hydrogen-bond donors (Lipinski definition) is 1. The number of benzene rings is 3. The summed E-state index contributed by atoms with van der Waals surface area (Å²) in [5.74, 6) is -1.47.